The molecule has 0 aliphatic heterocycles. The lowest BCUT2D eigenvalue weighted by molar-refractivity contribution is 0.262. The topological polar surface area (TPSA) is 41.1 Å². The van der Waals surface area contributed by atoms with E-state index >= 15 is 0 Å². The summed E-state index contributed by atoms with van der Waals surface area (Å²) >= 11 is 9.41. The van der Waals surface area contributed by atoms with Crippen molar-refractivity contribution in [3.63, 3.8) is 0 Å². The number of carbonyl (C=O) groups excluding carboxylic acids is 1. The molecular formula is C15H14BrClN2O. The minimum Gasteiger partial charge on any atom is -0.307 e. The van der Waals surface area contributed by atoms with Gasteiger partial charge in [0.25, 0.3) is 0 Å². The molecule has 0 heterocycles. The highest BCUT2D eigenvalue weighted by Crippen LogP contribution is 2.24. The summed E-state index contributed by atoms with van der Waals surface area (Å²) in [5.74, 6) is 0. The quantitative estimate of drug-likeness (QED) is 0.749. The van der Waals surface area contributed by atoms with E-state index in [1.807, 2.05) is 38.1 Å². The van der Waals surface area contributed by atoms with Gasteiger partial charge in [0.15, 0.2) is 0 Å². The number of amides is 2. The third kappa shape index (κ3) is 3.52. The second-order valence-electron chi connectivity index (χ2n) is 4.45. The van der Waals surface area contributed by atoms with Crippen LogP contribution in [0.5, 0.6) is 0 Å². The van der Waals surface area contributed by atoms with Gasteiger partial charge in [-0.2, -0.15) is 0 Å². The summed E-state index contributed by atoms with van der Waals surface area (Å²) in [5, 5.41) is 6.24. The molecular weight excluding hydrogens is 340 g/mol. The van der Waals surface area contributed by atoms with Crippen molar-refractivity contribution >= 4 is 44.9 Å². The molecule has 0 atom stereocenters. The maximum Gasteiger partial charge on any atom is 0.323 e. The van der Waals surface area contributed by atoms with Gasteiger partial charge in [-0.25, -0.2) is 4.79 Å². The molecule has 2 rings (SSSR count). The van der Waals surface area contributed by atoms with Crippen LogP contribution < -0.4 is 10.6 Å². The lowest BCUT2D eigenvalue weighted by Crippen LogP contribution is -2.20. The second-order valence-corrected chi connectivity index (χ2v) is 5.77. The van der Waals surface area contributed by atoms with Gasteiger partial charge in [0, 0.05) is 20.9 Å². The number of nitrogens with one attached hydrogen (secondary N) is 2. The first-order chi connectivity index (χ1) is 9.47. The Labute approximate surface area is 131 Å². The first kappa shape index (κ1) is 14.9. The Morgan fingerprint density at radius 3 is 2.50 bits per heavy atom. The molecule has 0 aliphatic carbocycles. The van der Waals surface area contributed by atoms with E-state index in [-0.39, 0.29) is 6.03 Å². The molecule has 0 aromatic heterocycles. The maximum atomic E-state index is 12.0. The Balaban J connectivity index is 2.11. The van der Waals surface area contributed by atoms with Crippen molar-refractivity contribution in [3.8, 4) is 0 Å². The van der Waals surface area contributed by atoms with E-state index in [0.29, 0.717) is 10.7 Å². The van der Waals surface area contributed by atoms with Gasteiger partial charge in [-0.05, 0) is 55.3 Å². The van der Waals surface area contributed by atoms with Crippen molar-refractivity contribution in [2.75, 3.05) is 10.6 Å². The van der Waals surface area contributed by atoms with Gasteiger partial charge in [0.2, 0.25) is 0 Å². The highest BCUT2D eigenvalue weighted by atomic mass is 79.9. The van der Waals surface area contributed by atoms with Crippen molar-refractivity contribution in [2.24, 2.45) is 0 Å². The van der Waals surface area contributed by atoms with Crippen LogP contribution in [0, 0.1) is 13.8 Å². The van der Waals surface area contributed by atoms with Crippen LogP contribution in [0.4, 0.5) is 16.2 Å². The molecule has 2 aromatic carbocycles. The molecule has 0 bridgehead atoms. The number of carbonyl (C=O) groups is 1. The molecule has 20 heavy (non-hydrogen) atoms. The Morgan fingerprint density at radius 2 is 1.80 bits per heavy atom. The summed E-state index contributed by atoms with van der Waals surface area (Å²) in [7, 11) is 0. The molecule has 0 aliphatic rings. The van der Waals surface area contributed by atoms with Gasteiger partial charge < -0.3 is 10.6 Å². The number of hydrogen-bond donors (Lipinski definition) is 2. The highest BCUT2D eigenvalue weighted by molar-refractivity contribution is 9.10. The largest absolute Gasteiger partial charge is 0.323 e. The van der Waals surface area contributed by atoms with Crippen LogP contribution in [-0.2, 0) is 0 Å². The molecule has 2 N–H and O–H groups in total. The highest BCUT2D eigenvalue weighted by Gasteiger charge is 2.08. The number of aryl methyl sites for hydroxylation is 1. The van der Waals surface area contributed by atoms with Gasteiger partial charge in [0.05, 0.1) is 0 Å². The molecule has 104 valence electrons. The van der Waals surface area contributed by atoms with Crippen LogP contribution in [0.3, 0.4) is 0 Å². The number of urea groups is 1. The van der Waals surface area contributed by atoms with Crippen molar-refractivity contribution < 1.29 is 4.79 Å². The first-order valence-electron chi connectivity index (χ1n) is 6.06. The van der Waals surface area contributed by atoms with Gasteiger partial charge >= 0.3 is 6.03 Å². The number of hydrogen-bond acceptors (Lipinski definition) is 1. The molecule has 0 saturated heterocycles. The summed E-state index contributed by atoms with van der Waals surface area (Å²) in [4.78, 5) is 12.0. The van der Waals surface area contributed by atoms with Gasteiger partial charge in [0.1, 0.15) is 0 Å². The standard InChI is InChI=1S/C15H14BrClN2O/c1-9-8-11(16)6-7-13(9)18-15(20)19-14-5-3-4-12(17)10(14)2/h3-8H,1-2H3,(H2,18,19,20). The van der Waals surface area contributed by atoms with Gasteiger partial charge in [-0.15, -0.1) is 0 Å². The van der Waals surface area contributed by atoms with E-state index in [2.05, 4.69) is 26.6 Å². The summed E-state index contributed by atoms with van der Waals surface area (Å²) in [6, 6.07) is 10.8. The summed E-state index contributed by atoms with van der Waals surface area (Å²) in [6.45, 7) is 3.80. The van der Waals surface area contributed by atoms with Crippen LogP contribution in [0.15, 0.2) is 40.9 Å². The Bertz CT molecular complexity index is 658. The fourth-order valence-corrected chi connectivity index (χ4v) is 2.44. The van der Waals surface area contributed by atoms with E-state index < -0.39 is 0 Å². The van der Waals surface area contributed by atoms with Crippen molar-refractivity contribution in [3.05, 3.63) is 57.0 Å². The molecule has 2 aromatic rings. The fourth-order valence-electron chi connectivity index (χ4n) is 1.79. The molecule has 0 spiro atoms. The Morgan fingerprint density at radius 1 is 1.10 bits per heavy atom. The average molecular weight is 354 g/mol. The third-order valence-electron chi connectivity index (χ3n) is 2.95. The molecule has 3 nitrogen and oxygen atoms in total. The molecule has 0 unspecified atom stereocenters. The van der Waals surface area contributed by atoms with E-state index in [4.69, 9.17) is 11.6 Å². The van der Waals surface area contributed by atoms with E-state index in [1.54, 1.807) is 12.1 Å². The minimum absolute atomic E-state index is 0.291. The molecule has 2 amide bonds. The van der Waals surface area contributed by atoms with Gasteiger partial charge in [-0.3, -0.25) is 0 Å². The van der Waals surface area contributed by atoms with E-state index in [1.165, 1.54) is 0 Å². The average Bonchev–Trinajstić information content (AvgIpc) is 2.38. The van der Waals surface area contributed by atoms with Crippen molar-refractivity contribution in [1.82, 2.24) is 0 Å². The number of benzene rings is 2. The number of rotatable bonds is 2. The Kier molecular flexibility index (Phi) is 4.68. The molecule has 0 radical (unpaired) electrons. The minimum atomic E-state index is -0.291. The normalized spacial score (nSPS) is 10.2. The third-order valence-corrected chi connectivity index (χ3v) is 3.86. The SMILES string of the molecule is Cc1cc(Br)ccc1NC(=O)Nc1cccc(Cl)c1C. The summed E-state index contributed by atoms with van der Waals surface area (Å²) < 4.78 is 0.978. The Hall–Kier alpha value is -1.52. The fraction of sp³-hybridized carbons (Fsp3) is 0.133. The zero-order chi connectivity index (χ0) is 14.7. The van der Waals surface area contributed by atoms with E-state index in [0.717, 1.165) is 21.3 Å². The van der Waals surface area contributed by atoms with Crippen LogP contribution in [0.2, 0.25) is 5.02 Å². The maximum absolute atomic E-state index is 12.0. The lowest BCUT2D eigenvalue weighted by atomic mass is 10.2. The van der Waals surface area contributed by atoms with Crippen molar-refractivity contribution in [1.29, 1.82) is 0 Å². The smallest absolute Gasteiger partial charge is 0.307 e. The second kappa shape index (κ2) is 6.29. The van der Waals surface area contributed by atoms with Crippen LogP contribution in [-0.4, -0.2) is 6.03 Å². The lowest BCUT2D eigenvalue weighted by Gasteiger charge is -2.12. The molecule has 0 saturated carbocycles. The first-order valence-corrected chi connectivity index (χ1v) is 7.24. The summed E-state index contributed by atoms with van der Waals surface area (Å²) in [5.41, 5.74) is 3.30. The van der Waals surface area contributed by atoms with Crippen LogP contribution in [0.1, 0.15) is 11.1 Å². The van der Waals surface area contributed by atoms with E-state index in [9.17, 15) is 4.79 Å². The van der Waals surface area contributed by atoms with Gasteiger partial charge in [-0.1, -0.05) is 33.6 Å². The predicted molar refractivity (Wildman–Crippen MR) is 87.7 cm³/mol. The van der Waals surface area contributed by atoms with Crippen LogP contribution >= 0.6 is 27.5 Å². The monoisotopic (exact) mass is 352 g/mol. The molecule has 5 heteroatoms. The zero-order valence-electron chi connectivity index (χ0n) is 11.1. The van der Waals surface area contributed by atoms with Crippen molar-refractivity contribution in [2.45, 2.75) is 13.8 Å². The predicted octanol–water partition coefficient (Wildman–Crippen LogP) is 5.36. The number of halogens is 2. The number of anilines is 2. The molecule has 0 fully saturated rings. The summed E-state index contributed by atoms with van der Waals surface area (Å²) in [6.07, 6.45) is 0. The zero-order valence-corrected chi connectivity index (χ0v) is 13.5. The van der Waals surface area contributed by atoms with Crippen LogP contribution in [0.25, 0.3) is 0 Å².